The third kappa shape index (κ3) is 2.12. The van der Waals surface area contributed by atoms with E-state index in [1.807, 2.05) is 6.07 Å². The van der Waals surface area contributed by atoms with Crippen molar-refractivity contribution in [3.63, 3.8) is 0 Å². The zero-order valence-corrected chi connectivity index (χ0v) is 12.2. The molecule has 0 aliphatic carbocycles. The zero-order valence-electron chi connectivity index (χ0n) is 10.6. The molecule has 1 aromatic heterocycles. The van der Waals surface area contributed by atoms with Crippen LogP contribution < -0.4 is 10.5 Å². The van der Waals surface area contributed by atoms with Crippen LogP contribution in [0, 0.1) is 5.82 Å². The van der Waals surface area contributed by atoms with E-state index in [1.165, 1.54) is 13.2 Å². The lowest BCUT2D eigenvalue weighted by molar-refractivity contribution is 0.387. The number of fused-ring (bicyclic) bond motifs is 1. The minimum absolute atomic E-state index is 0.178. The van der Waals surface area contributed by atoms with E-state index >= 15 is 0 Å². The maximum Gasteiger partial charge on any atom is 0.165 e. The van der Waals surface area contributed by atoms with Crippen LogP contribution in [0.3, 0.4) is 0 Å². The highest BCUT2D eigenvalue weighted by Crippen LogP contribution is 2.29. The molecule has 0 atom stereocenters. The van der Waals surface area contributed by atoms with Gasteiger partial charge in [0.05, 0.1) is 18.3 Å². The van der Waals surface area contributed by atoms with E-state index in [-0.39, 0.29) is 5.75 Å². The van der Waals surface area contributed by atoms with Crippen LogP contribution in [0.4, 0.5) is 10.1 Å². The molecule has 3 rings (SSSR count). The maximum atomic E-state index is 13.4. The number of aromatic amines is 1. The summed E-state index contributed by atoms with van der Waals surface area (Å²) in [6.45, 7) is 0. The quantitative estimate of drug-likeness (QED) is 0.701. The monoisotopic (exact) mass is 335 g/mol. The largest absolute Gasteiger partial charge is 0.494 e. The van der Waals surface area contributed by atoms with Crippen molar-refractivity contribution in [2.24, 2.45) is 0 Å². The van der Waals surface area contributed by atoms with E-state index in [9.17, 15) is 4.39 Å². The molecule has 0 saturated carbocycles. The summed E-state index contributed by atoms with van der Waals surface area (Å²) >= 11 is 3.38. The van der Waals surface area contributed by atoms with Gasteiger partial charge in [0.25, 0.3) is 0 Å². The van der Waals surface area contributed by atoms with Crippen molar-refractivity contribution in [3.8, 4) is 17.1 Å². The summed E-state index contributed by atoms with van der Waals surface area (Å²) in [6, 6.07) is 8.26. The second-order valence-electron chi connectivity index (χ2n) is 4.33. The molecular weight excluding hydrogens is 325 g/mol. The van der Waals surface area contributed by atoms with Crippen LogP contribution in [-0.2, 0) is 0 Å². The average Bonchev–Trinajstić information content (AvgIpc) is 2.83. The van der Waals surface area contributed by atoms with Crippen LogP contribution in [0.1, 0.15) is 0 Å². The van der Waals surface area contributed by atoms with Crippen LogP contribution in [0.2, 0.25) is 0 Å². The van der Waals surface area contributed by atoms with Crippen molar-refractivity contribution < 1.29 is 9.13 Å². The molecule has 0 saturated heterocycles. The number of H-pyrrole nitrogens is 1. The molecule has 3 N–H and O–H groups in total. The zero-order chi connectivity index (χ0) is 14.3. The molecule has 20 heavy (non-hydrogen) atoms. The standard InChI is InChI=1S/C14H11BrFN3O/c1-20-12-4-7(2-3-9(12)16)14-18-11-6-8(15)5-10(17)13(11)19-14/h2-6H,17H2,1H3,(H,18,19). The lowest BCUT2D eigenvalue weighted by Crippen LogP contribution is -1.89. The van der Waals surface area contributed by atoms with Crippen molar-refractivity contribution in [1.82, 2.24) is 9.97 Å². The molecule has 1 heterocycles. The van der Waals surface area contributed by atoms with Gasteiger partial charge in [-0.1, -0.05) is 15.9 Å². The highest BCUT2D eigenvalue weighted by Gasteiger charge is 2.11. The molecular formula is C14H11BrFN3O. The van der Waals surface area contributed by atoms with Crippen LogP contribution >= 0.6 is 15.9 Å². The smallest absolute Gasteiger partial charge is 0.165 e. The minimum Gasteiger partial charge on any atom is -0.494 e. The Bertz CT molecular complexity index is 800. The number of nitrogens with two attached hydrogens (primary N) is 1. The summed E-state index contributed by atoms with van der Waals surface area (Å²) in [7, 11) is 1.43. The lowest BCUT2D eigenvalue weighted by Gasteiger charge is -2.03. The number of ether oxygens (including phenoxy) is 1. The van der Waals surface area contributed by atoms with E-state index in [1.54, 1.807) is 18.2 Å². The van der Waals surface area contributed by atoms with Gasteiger partial charge in [-0.15, -0.1) is 0 Å². The summed E-state index contributed by atoms with van der Waals surface area (Å²) in [5.41, 5.74) is 8.74. The molecule has 0 unspecified atom stereocenters. The highest BCUT2D eigenvalue weighted by molar-refractivity contribution is 9.10. The molecule has 0 fully saturated rings. The number of benzene rings is 2. The van der Waals surface area contributed by atoms with Gasteiger partial charge in [0.2, 0.25) is 0 Å². The Hall–Kier alpha value is -2.08. The van der Waals surface area contributed by atoms with Gasteiger partial charge in [0.15, 0.2) is 11.6 Å². The second-order valence-corrected chi connectivity index (χ2v) is 5.24. The molecule has 4 nitrogen and oxygen atoms in total. The van der Waals surface area contributed by atoms with Crippen LogP contribution in [0.25, 0.3) is 22.4 Å². The van der Waals surface area contributed by atoms with Crippen molar-refractivity contribution in [1.29, 1.82) is 0 Å². The summed E-state index contributed by atoms with van der Waals surface area (Å²) in [4.78, 5) is 7.61. The van der Waals surface area contributed by atoms with Crippen molar-refractivity contribution in [2.45, 2.75) is 0 Å². The van der Waals surface area contributed by atoms with Gasteiger partial charge in [-0.2, -0.15) is 0 Å². The number of hydrogen-bond donors (Lipinski definition) is 2. The van der Waals surface area contributed by atoms with Crippen LogP contribution in [0.5, 0.6) is 5.75 Å². The molecule has 6 heteroatoms. The normalized spacial score (nSPS) is 10.9. The number of nitrogens with one attached hydrogen (secondary N) is 1. The van der Waals surface area contributed by atoms with Gasteiger partial charge in [-0.3, -0.25) is 0 Å². The van der Waals surface area contributed by atoms with Crippen LogP contribution in [0.15, 0.2) is 34.8 Å². The molecule has 2 aromatic carbocycles. The third-order valence-electron chi connectivity index (χ3n) is 3.01. The summed E-state index contributed by atoms with van der Waals surface area (Å²) < 4.78 is 19.3. The molecule has 0 bridgehead atoms. The fraction of sp³-hybridized carbons (Fsp3) is 0.0714. The predicted molar refractivity (Wildman–Crippen MR) is 80.2 cm³/mol. The van der Waals surface area contributed by atoms with Crippen molar-refractivity contribution in [3.05, 3.63) is 40.6 Å². The number of aromatic nitrogens is 2. The fourth-order valence-corrected chi connectivity index (χ4v) is 2.53. The van der Waals surface area contributed by atoms with Gasteiger partial charge >= 0.3 is 0 Å². The Morgan fingerprint density at radius 1 is 1.30 bits per heavy atom. The SMILES string of the molecule is COc1cc(-c2nc3c(N)cc(Br)cc3[nH]2)ccc1F. The highest BCUT2D eigenvalue weighted by atomic mass is 79.9. The number of nitrogen functional groups attached to an aromatic ring is 1. The number of halogens is 2. The number of imidazole rings is 1. The summed E-state index contributed by atoms with van der Waals surface area (Å²) in [6.07, 6.45) is 0. The Labute approximate surface area is 122 Å². The van der Waals surface area contributed by atoms with E-state index in [4.69, 9.17) is 10.5 Å². The maximum absolute atomic E-state index is 13.4. The first-order chi connectivity index (χ1) is 9.58. The molecule has 3 aromatic rings. The number of hydrogen-bond acceptors (Lipinski definition) is 3. The van der Waals surface area contributed by atoms with Gasteiger partial charge in [-0.25, -0.2) is 9.37 Å². The molecule has 102 valence electrons. The average molecular weight is 336 g/mol. The number of nitrogens with zero attached hydrogens (tertiary/aromatic N) is 1. The van der Waals surface area contributed by atoms with Crippen molar-refractivity contribution >= 4 is 32.7 Å². The summed E-state index contributed by atoms with van der Waals surface area (Å²) in [5.74, 6) is 0.384. The van der Waals surface area contributed by atoms with Gasteiger partial charge in [0, 0.05) is 10.0 Å². The second kappa shape index (κ2) is 4.79. The Kier molecular flexibility index (Phi) is 3.10. The number of methoxy groups -OCH3 is 1. The van der Waals surface area contributed by atoms with Crippen molar-refractivity contribution in [2.75, 3.05) is 12.8 Å². The Balaban J connectivity index is 2.17. The Morgan fingerprint density at radius 3 is 2.85 bits per heavy atom. The molecule has 0 aliphatic heterocycles. The number of anilines is 1. The minimum atomic E-state index is -0.408. The fourth-order valence-electron chi connectivity index (χ4n) is 2.05. The van der Waals surface area contributed by atoms with E-state index < -0.39 is 5.82 Å². The summed E-state index contributed by atoms with van der Waals surface area (Å²) in [5, 5.41) is 0. The van der Waals surface area contributed by atoms with Gasteiger partial charge < -0.3 is 15.5 Å². The lowest BCUT2D eigenvalue weighted by atomic mass is 10.2. The van der Waals surface area contributed by atoms with E-state index in [2.05, 4.69) is 25.9 Å². The topological polar surface area (TPSA) is 63.9 Å². The first-order valence-corrected chi connectivity index (χ1v) is 6.66. The molecule has 0 radical (unpaired) electrons. The molecule has 0 aliphatic rings. The first-order valence-electron chi connectivity index (χ1n) is 5.87. The third-order valence-corrected chi connectivity index (χ3v) is 3.46. The van der Waals surface area contributed by atoms with E-state index in [0.29, 0.717) is 17.0 Å². The molecule has 0 amide bonds. The number of rotatable bonds is 2. The van der Waals surface area contributed by atoms with Gasteiger partial charge in [-0.05, 0) is 30.3 Å². The first kappa shape index (κ1) is 12.9. The Morgan fingerprint density at radius 2 is 2.10 bits per heavy atom. The van der Waals surface area contributed by atoms with Crippen LogP contribution in [-0.4, -0.2) is 17.1 Å². The predicted octanol–water partition coefficient (Wildman–Crippen LogP) is 3.72. The molecule has 0 spiro atoms. The van der Waals surface area contributed by atoms with Gasteiger partial charge in [0.1, 0.15) is 11.3 Å². The van der Waals surface area contributed by atoms with E-state index in [0.717, 1.165) is 15.6 Å².